The molecule has 0 saturated heterocycles. The van der Waals surface area contributed by atoms with E-state index in [1.807, 2.05) is 6.07 Å². The smallest absolute Gasteiger partial charge is 0.218 e. The van der Waals surface area contributed by atoms with Crippen LogP contribution in [0.25, 0.3) is 0 Å². The number of rotatable bonds is 3. The van der Waals surface area contributed by atoms with Gasteiger partial charge in [-0.15, -0.1) is 0 Å². The summed E-state index contributed by atoms with van der Waals surface area (Å²) in [6.07, 6.45) is 4.07. The molecule has 1 aliphatic carbocycles. The number of hydrogen-bond donors (Lipinski definition) is 0. The number of nitrogens with zero attached hydrogens (tertiary/aromatic N) is 3. The van der Waals surface area contributed by atoms with Crippen molar-refractivity contribution in [1.82, 2.24) is 9.97 Å². The van der Waals surface area contributed by atoms with Crippen LogP contribution in [0, 0.1) is 0 Å². The average Bonchev–Trinajstić information content (AvgIpc) is 3.00. The minimum absolute atomic E-state index is 0.623. The van der Waals surface area contributed by atoms with Gasteiger partial charge in [0.05, 0.1) is 7.11 Å². The molecule has 70 valence electrons. The minimum atomic E-state index is 0.623. The van der Waals surface area contributed by atoms with Crippen LogP contribution in [0.5, 0.6) is 5.88 Å². The Kier molecular flexibility index (Phi) is 2.04. The zero-order chi connectivity index (χ0) is 9.26. The molecule has 0 aliphatic heterocycles. The molecule has 1 aromatic heterocycles. The third-order valence-corrected chi connectivity index (χ3v) is 2.29. The summed E-state index contributed by atoms with van der Waals surface area (Å²) in [6, 6.07) is 2.53. The zero-order valence-corrected chi connectivity index (χ0v) is 7.90. The minimum Gasteiger partial charge on any atom is -0.481 e. The molecule has 0 bridgehead atoms. The highest BCUT2D eigenvalue weighted by molar-refractivity contribution is 5.42. The average molecular weight is 179 g/mol. The van der Waals surface area contributed by atoms with Crippen molar-refractivity contribution in [3.8, 4) is 5.88 Å². The molecule has 1 heterocycles. The van der Waals surface area contributed by atoms with Gasteiger partial charge in [-0.05, 0) is 12.8 Å². The van der Waals surface area contributed by atoms with Crippen LogP contribution in [0.1, 0.15) is 12.8 Å². The van der Waals surface area contributed by atoms with E-state index in [-0.39, 0.29) is 0 Å². The van der Waals surface area contributed by atoms with Crippen molar-refractivity contribution in [3.05, 3.63) is 12.4 Å². The maximum Gasteiger partial charge on any atom is 0.218 e. The van der Waals surface area contributed by atoms with Gasteiger partial charge in [-0.3, -0.25) is 0 Å². The van der Waals surface area contributed by atoms with E-state index in [4.69, 9.17) is 4.74 Å². The highest BCUT2D eigenvalue weighted by atomic mass is 16.5. The Labute approximate surface area is 77.6 Å². The second-order valence-electron chi connectivity index (χ2n) is 3.26. The number of methoxy groups -OCH3 is 1. The van der Waals surface area contributed by atoms with E-state index in [1.54, 1.807) is 7.11 Å². The summed E-state index contributed by atoms with van der Waals surface area (Å²) < 4.78 is 5.03. The Morgan fingerprint density at radius 1 is 1.46 bits per heavy atom. The van der Waals surface area contributed by atoms with E-state index >= 15 is 0 Å². The van der Waals surface area contributed by atoms with Crippen LogP contribution < -0.4 is 9.64 Å². The molecule has 0 aromatic carbocycles. The van der Waals surface area contributed by atoms with Crippen molar-refractivity contribution in [2.24, 2.45) is 0 Å². The summed E-state index contributed by atoms with van der Waals surface area (Å²) >= 11 is 0. The predicted molar refractivity (Wildman–Crippen MR) is 50.0 cm³/mol. The zero-order valence-electron chi connectivity index (χ0n) is 7.90. The fourth-order valence-corrected chi connectivity index (χ4v) is 1.28. The fraction of sp³-hybridized carbons (Fsp3) is 0.556. The third kappa shape index (κ3) is 1.71. The Morgan fingerprint density at radius 3 is 2.85 bits per heavy atom. The van der Waals surface area contributed by atoms with Crippen molar-refractivity contribution < 1.29 is 4.74 Å². The molecular weight excluding hydrogens is 166 g/mol. The molecule has 0 amide bonds. The lowest BCUT2D eigenvalue weighted by Gasteiger charge is -2.16. The van der Waals surface area contributed by atoms with E-state index in [0.717, 1.165) is 5.82 Å². The lowest BCUT2D eigenvalue weighted by atomic mass is 10.5. The molecule has 0 spiro atoms. The molecule has 1 aromatic rings. The molecule has 1 saturated carbocycles. The van der Waals surface area contributed by atoms with Crippen molar-refractivity contribution in [1.29, 1.82) is 0 Å². The number of hydrogen-bond acceptors (Lipinski definition) is 4. The topological polar surface area (TPSA) is 38.2 Å². The number of ether oxygens (including phenoxy) is 1. The van der Waals surface area contributed by atoms with Crippen LogP contribution in [-0.2, 0) is 0 Å². The molecule has 1 fully saturated rings. The van der Waals surface area contributed by atoms with Gasteiger partial charge in [-0.1, -0.05) is 0 Å². The van der Waals surface area contributed by atoms with Crippen LogP contribution in [0.3, 0.4) is 0 Å². The van der Waals surface area contributed by atoms with E-state index in [1.165, 1.54) is 19.2 Å². The van der Waals surface area contributed by atoms with E-state index in [2.05, 4.69) is 21.9 Å². The second-order valence-corrected chi connectivity index (χ2v) is 3.26. The second kappa shape index (κ2) is 3.20. The largest absolute Gasteiger partial charge is 0.481 e. The molecule has 4 heteroatoms. The lowest BCUT2D eigenvalue weighted by Crippen LogP contribution is -2.20. The summed E-state index contributed by atoms with van der Waals surface area (Å²) in [5.41, 5.74) is 0. The van der Waals surface area contributed by atoms with Gasteiger partial charge in [0, 0.05) is 19.2 Å². The molecule has 1 aliphatic rings. The quantitative estimate of drug-likeness (QED) is 0.696. The van der Waals surface area contributed by atoms with Gasteiger partial charge < -0.3 is 9.64 Å². The van der Waals surface area contributed by atoms with Crippen molar-refractivity contribution in [2.75, 3.05) is 19.1 Å². The van der Waals surface area contributed by atoms with Crippen LogP contribution in [0.4, 0.5) is 5.82 Å². The molecule has 2 rings (SSSR count). The van der Waals surface area contributed by atoms with E-state index in [9.17, 15) is 0 Å². The first-order valence-electron chi connectivity index (χ1n) is 4.40. The molecular formula is C9H13N3O. The van der Waals surface area contributed by atoms with Crippen molar-refractivity contribution in [2.45, 2.75) is 18.9 Å². The maximum absolute atomic E-state index is 5.03. The Hall–Kier alpha value is -1.32. The van der Waals surface area contributed by atoms with Crippen LogP contribution in [0.2, 0.25) is 0 Å². The van der Waals surface area contributed by atoms with Gasteiger partial charge in [-0.25, -0.2) is 9.97 Å². The predicted octanol–water partition coefficient (Wildman–Crippen LogP) is 1.08. The summed E-state index contributed by atoms with van der Waals surface area (Å²) in [5.74, 6) is 1.56. The standard InChI is InChI=1S/C9H13N3O/c1-12(7-3-4-7)8-5-9(13-2)11-6-10-8/h5-7H,3-4H2,1-2H3. The molecule has 0 atom stereocenters. The van der Waals surface area contributed by atoms with Crippen LogP contribution in [0.15, 0.2) is 12.4 Å². The van der Waals surface area contributed by atoms with Gasteiger partial charge in [0.2, 0.25) is 5.88 Å². The first-order valence-corrected chi connectivity index (χ1v) is 4.40. The summed E-state index contributed by atoms with van der Waals surface area (Å²) in [6.45, 7) is 0. The molecule has 4 nitrogen and oxygen atoms in total. The fourth-order valence-electron chi connectivity index (χ4n) is 1.28. The van der Waals surface area contributed by atoms with Gasteiger partial charge in [0.1, 0.15) is 12.1 Å². The summed E-state index contributed by atoms with van der Waals surface area (Å²) in [4.78, 5) is 10.3. The first-order chi connectivity index (χ1) is 6.31. The van der Waals surface area contributed by atoms with Gasteiger partial charge in [0.15, 0.2) is 0 Å². The summed E-state index contributed by atoms with van der Waals surface area (Å²) in [7, 11) is 3.67. The van der Waals surface area contributed by atoms with E-state index in [0.29, 0.717) is 11.9 Å². The molecule has 0 unspecified atom stereocenters. The van der Waals surface area contributed by atoms with Gasteiger partial charge in [0.25, 0.3) is 0 Å². The Bertz CT molecular complexity index is 299. The third-order valence-electron chi connectivity index (χ3n) is 2.29. The van der Waals surface area contributed by atoms with Crippen molar-refractivity contribution in [3.63, 3.8) is 0 Å². The van der Waals surface area contributed by atoms with Gasteiger partial charge in [-0.2, -0.15) is 0 Å². The van der Waals surface area contributed by atoms with E-state index < -0.39 is 0 Å². The molecule has 0 N–H and O–H groups in total. The SMILES string of the molecule is COc1cc(N(C)C2CC2)ncn1. The highest BCUT2D eigenvalue weighted by Crippen LogP contribution is 2.29. The normalized spacial score (nSPS) is 15.5. The van der Waals surface area contributed by atoms with Crippen molar-refractivity contribution >= 4 is 5.82 Å². The van der Waals surface area contributed by atoms with Crippen LogP contribution in [-0.4, -0.2) is 30.2 Å². The monoisotopic (exact) mass is 179 g/mol. The van der Waals surface area contributed by atoms with Crippen LogP contribution >= 0.6 is 0 Å². The number of anilines is 1. The number of aromatic nitrogens is 2. The maximum atomic E-state index is 5.03. The highest BCUT2D eigenvalue weighted by Gasteiger charge is 2.27. The molecule has 0 radical (unpaired) electrons. The molecule has 13 heavy (non-hydrogen) atoms. The summed E-state index contributed by atoms with van der Waals surface area (Å²) in [5, 5.41) is 0. The van der Waals surface area contributed by atoms with Gasteiger partial charge >= 0.3 is 0 Å². The lowest BCUT2D eigenvalue weighted by molar-refractivity contribution is 0.397. The first kappa shape index (κ1) is 8.29. The Balaban J connectivity index is 2.18. The Morgan fingerprint density at radius 2 is 2.23 bits per heavy atom.